The fraction of sp³-hybridized carbons (Fsp3) is 0.538. The van der Waals surface area contributed by atoms with E-state index in [1.165, 1.54) is 6.33 Å². The lowest BCUT2D eigenvalue weighted by atomic mass is 9.84. The standard InChI is InChI=1S/C13H19N5O2/c1-13(2,4-3-9(19)20)5-6-14-11-10-12(16-7-15-10)18-8-17-11/h7-8H,3-6H2,1-2H3,(H,19,20)(H2,14,15,16,17,18). The normalized spacial score (nSPS) is 11.7. The van der Waals surface area contributed by atoms with E-state index in [1.807, 2.05) is 0 Å². The number of fused-ring (bicyclic) bond motifs is 1. The summed E-state index contributed by atoms with van der Waals surface area (Å²) in [5, 5.41) is 12.0. The van der Waals surface area contributed by atoms with Crippen LogP contribution in [0.5, 0.6) is 0 Å². The summed E-state index contributed by atoms with van der Waals surface area (Å²) in [6.45, 7) is 4.87. The smallest absolute Gasteiger partial charge is 0.303 e. The van der Waals surface area contributed by atoms with Crippen molar-refractivity contribution in [3.63, 3.8) is 0 Å². The molecule has 0 amide bonds. The molecule has 2 heterocycles. The van der Waals surface area contributed by atoms with Gasteiger partial charge in [-0.3, -0.25) is 4.79 Å². The molecule has 0 bridgehead atoms. The van der Waals surface area contributed by atoms with Gasteiger partial charge < -0.3 is 15.4 Å². The summed E-state index contributed by atoms with van der Waals surface area (Å²) in [4.78, 5) is 25.9. The van der Waals surface area contributed by atoms with E-state index in [4.69, 9.17) is 5.11 Å². The van der Waals surface area contributed by atoms with E-state index in [9.17, 15) is 4.79 Å². The predicted octanol–water partition coefficient (Wildman–Crippen LogP) is 2.05. The highest BCUT2D eigenvalue weighted by Crippen LogP contribution is 2.26. The molecule has 20 heavy (non-hydrogen) atoms. The lowest BCUT2D eigenvalue weighted by molar-refractivity contribution is -0.137. The molecule has 3 N–H and O–H groups in total. The number of hydrogen-bond donors (Lipinski definition) is 3. The van der Waals surface area contributed by atoms with Crippen molar-refractivity contribution in [3.05, 3.63) is 12.7 Å². The van der Waals surface area contributed by atoms with Crippen LogP contribution in [0.4, 0.5) is 5.82 Å². The van der Waals surface area contributed by atoms with E-state index < -0.39 is 5.97 Å². The Morgan fingerprint density at radius 3 is 2.90 bits per heavy atom. The number of carboxylic acid groups (broad SMARTS) is 1. The molecule has 0 atom stereocenters. The van der Waals surface area contributed by atoms with Crippen LogP contribution in [-0.4, -0.2) is 37.6 Å². The molecule has 0 unspecified atom stereocenters. The molecule has 108 valence electrons. The number of hydrogen-bond acceptors (Lipinski definition) is 5. The SMILES string of the molecule is CC(C)(CCNc1ncnc2nc[nH]c12)CCC(=O)O. The molecule has 0 aromatic carbocycles. The summed E-state index contributed by atoms with van der Waals surface area (Å²) in [5.41, 5.74) is 1.40. The molecule has 0 fully saturated rings. The zero-order valence-electron chi connectivity index (χ0n) is 11.7. The molecule has 7 heteroatoms. The van der Waals surface area contributed by atoms with Crippen LogP contribution in [0.2, 0.25) is 0 Å². The number of H-pyrrole nitrogens is 1. The highest BCUT2D eigenvalue weighted by molar-refractivity contribution is 5.81. The minimum atomic E-state index is -0.749. The Morgan fingerprint density at radius 1 is 1.35 bits per heavy atom. The Bertz CT molecular complexity index is 593. The van der Waals surface area contributed by atoms with Crippen molar-refractivity contribution in [2.75, 3.05) is 11.9 Å². The Labute approximate surface area is 116 Å². The molecule has 0 aliphatic heterocycles. The number of imidazole rings is 1. The van der Waals surface area contributed by atoms with Crippen molar-refractivity contribution >= 4 is 23.0 Å². The van der Waals surface area contributed by atoms with E-state index in [-0.39, 0.29) is 11.8 Å². The Balaban J connectivity index is 1.89. The number of rotatable bonds is 7. The Morgan fingerprint density at radius 2 is 2.15 bits per heavy atom. The second-order valence-electron chi connectivity index (χ2n) is 5.56. The topological polar surface area (TPSA) is 104 Å². The highest BCUT2D eigenvalue weighted by atomic mass is 16.4. The Hall–Kier alpha value is -2.18. The number of nitrogens with one attached hydrogen (secondary N) is 2. The van der Waals surface area contributed by atoms with Gasteiger partial charge in [0.1, 0.15) is 11.8 Å². The van der Waals surface area contributed by atoms with Crippen molar-refractivity contribution in [3.8, 4) is 0 Å². The van der Waals surface area contributed by atoms with Crippen LogP contribution in [0, 0.1) is 5.41 Å². The molecule has 2 aromatic heterocycles. The monoisotopic (exact) mass is 277 g/mol. The van der Waals surface area contributed by atoms with E-state index >= 15 is 0 Å². The summed E-state index contributed by atoms with van der Waals surface area (Å²) in [7, 11) is 0. The number of aromatic nitrogens is 4. The van der Waals surface area contributed by atoms with Crippen LogP contribution in [0.25, 0.3) is 11.2 Å². The van der Waals surface area contributed by atoms with Gasteiger partial charge in [-0.25, -0.2) is 15.0 Å². The summed E-state index contributed by atoms with van der Waals surface area (Å²) < 4.78 is 0. The molecule has 0 saturated heterocycles. The van der Waals surface area contributed by atoms with Crippen LogP contribution in [0.1, 0.15) is 33.1 Å². The third kappa shape index (κ3) is 3.66. The summed E-state index contributed by atoms with van der Waals surface area (Å²) in [6.07, 6.45) is 4.78. The number of aromatic amines is 1. The average Bonchev–Trinajstić information content (AvgIpc) is 2.85. The fourth-order valence-corrected chi connectivity index (χ4v) is 1.99. The minimum Gasteiger partial charge on any atom is -0.481 e. The number of aliphatic carboxylic acids is 1. The fourth-order valence-electron chi connectivity index (χ4n) is 1.99. The van der Waals surface area contributed by atoms with E-state index in [0.29, 0.717) is 12.1 Å². The first-order valence-electron chi connectivity index (χ1n) is 6.58. The van der Waals surface area contributed by atoms with Crippen LogP contribution in [-0.2, 0) is 4.79 Å². The maximum Gasteiger partial charge on any atom is 0.303 e. The lowest BCUT2D eigenvalue weighted by Gasteiger charge is -2.23. The molecule has 0 saturated carbocycles. The van der Waals surface area contributed by atoms with Crippen LogP contribution < -0.4 is 5.32 Å². The summed E-state index contributed by atoms with van der Waals surface area (Å²) in [5.74, 6) is -0.0254. The van der Waals surface area contributed by atoms with Gasteiger partial charge in [0.05, 0.1) is 6.33 Å². The molecule has 2 rings (SSSR count). The second-order valence-corrected chi connectivity index (χ2v) is 5.56. The van der Waals surface area contributed by atoms with Gasteiger partial charge in [-0.2, -0.15) is 0 Å². The second kappa shape index (κ2) is 5.85. The highest BCUT2D eigenvalue weighted by Gasteiger charge is 2.19. The number of carbonyl (C=O) groups is 1. The molecule has 2 aromatic rings. The van der Waals surface area contributed by atoms with Crippen molar-refractivity contribution in [1.82, 2.24) is 19.9 Å². The molecule has 0 aliphatic carbocycles. The van der Waals surface area contributed by atoms with Gasteiger partial charge in [-0.15, -0.1) is 0 Å². The molecule has 0 aliphatic rings. The third-order valence-corrected chi connectivity index (χ3v) is 3.33. The third-order valence-electron chi connectivity index (χ3n) is 3.33. The maximum absolute atomic E-state index is 10.6. The van der Waals surface area contributed by atoms with Gasteiger partial charge in [0.2, 0.25) is 0 Å². The zero-order valence-corrected chi connectivity index (χ0v) is 11.7. The van der Waals surface area contributed by atoms with Crippen molar-refractivity contribution in [1.29, 1.82) is 0 Å². The number of nitrogens with zero attached hydrogens (tertiary/aromatic N) is 3. The van der Waals surface area contributed by atoms with Gasteiger partial charge in [0, 0.05) is 13.0 Å². The summed E-state index contributed by atoms with van der Waals surface area (Å²) in [6, 6.07) is 0. The van der Waals surface area contributed by atoms with Gasteiger partial charge in [-0.1, -0.05) is 13.8 Å². The first-order chi connectivity index (χ1) is 9.48. The van der Waals surface area contributed by atoms with Gasteiger partial charge in [0.15, 0.2) is 11.5 Å². The predicted molar refractivity (Wildman–Crippen MR) is 75.4 cm³/mol. The molecular formula is C13H19N5O2. The quantitative estimate of drug-likeness (QED) is 0.715. The van der Waals surface area contributed by atoms with E-state index in [1.54, 1.807) is 6.33 Å². The molecule has 0 spiro atoms. The van der Waals surface area contributed by atoms with Gasteiger partial charge in [0.25, 0.3) is 0 Å². The van der Waals surface area contributed by atoms with Crippen molar-refractivity contribution < 1.29 is 9.90 Å². The first-order valence-corrected chi connectivity index (χ1v) is 6.58. The average molecular weight is 277 g/mol. The van der Waals surface area contributed by atoms with Crippen molar-refractivity contribution in [2.24, 2.45) is 5.41 Å². The molecule has 7 nitrogen and oxygen atoms in total. The van der Waals surface area contributed by atoms with Gasteiger partial charge in [-0.05, 0) is 18.3 Å². The van der Waals surface area contributed by atoms with Crippen LogP contribution in [0.15, 0.2) is 12.7 Å². The van der Waals surface area contributed by atoms with Crippen LogP contribution in [0.3, 0.4) is 0 Å². The summed E-state index contributed by atoms with van der Waals surface area (Å²) >= 11 is 0. The van der Waals surface area contributed by atoms with Gasteiger partial charge >= 0.3 is 5.97 Å². The first kappa shape index (κ1) is 14.2. The molecular weight excluding hydrogens is 258 g/mol. The van der Waals surface area contributed by atoms with Crippen molar-refractivity contribution in [2.45, 2.75) is 33.1 Å². The number of anilines is 1. The zero-order chi connectivity index (χ0) is 14.6. The maximum atomic E-state index is 10.6. The minimum absolute atomic E-state index is 0.0223. The number of carboxylic acids is 1. The largest absolute Gasteiger partial charge is 0.481 e. The van der Waals surface area contributed by atoms with Crippen LogP contribution >= 0.6 is 0 Å². The van der Waals surface area contributed by atoms with E-state index in [2.05, 4.69) is 39.1 Å². The molecule has 0 radical (unpaired) electrons. The Kier molecular flexibility index (Phi) is 4.16. The van der Waals surface area contributed by atoms with E-state index in [0.717, 1.165) is 24.3 Å². The lowest BCUT2D eigenvalue weighted by Crippen LogP contribution is -2.18.